The summed E-state index contributed by atoms with van der Waals surface area (Å²) < 4.78 is 15.8. The number of para-hydroxylation sites is 2. The Morgan fingerprint density at radius 3 is 2.61 bits per heavy atom. The number of nitrogens with one attached hydrogen (secondary N) is 1. The van der Waals surface area contributed by atoms with Crippen LogP contribution >= 0.6 is 0 Å². The van der Waals surface area contributed by atoms with Crippen LogP contribution in [0.3, 0.4) is 0 Å². The molecule has 162 valence electrons. The molecule has 6 rings (SSSR count). The Morgan fingerprint density at radius 1 is 1.00 bits per heavy atom. The minimum atomic E-state index is -0.259. The van der Waals surface area contributed by atoms with E-state index in [0.29, 0.717) is 6.04 Å². The van der Waals surface area contributed by atoms with Crippen LogP contribution in [0.1, 0.15) is 18.4 Å². The third-order valence-corrected chi connectivity index (χ3v) is 5.96. The molecule has 1 saturated carbocycles. The van der Waals surface area contributed by atoms with Crippen molar-refractivity contribution in [2.24, 2.45) is 4.99 Å². The molecular weight excluding hydrogens is 413 g/mol. The fourth-order valence-corrected chi connectivity index (χ4v) is 4.06. The molecule has 0 spiro atoms. The molecule has 3 aliphatic rings. The van der Waals surface area contributed by atoms with Crippen molar-refractivity contribution >= 4 is 22.4 Å². The van der Waals surface area contributed by atoms with E-state index in [1.165, 1.54) is 12.1 Å². The highest BCUT2D eigenvalue weighted by molar-refractivity contribution is 5.84. The van der Waals surface area contributed by atoms with Crippen LogP contribution < -0.4 is 10.7 Å². The van der Waals surface area contributed by atoms with Gasteiger partial charge in [0.15, 0.2) is 0 Å². The lowest BCUT2D eigenvalue weighted by atomic mass is 10.1. The molecule has 2 aromatic carbocycles. The first-order valence-corrected chi connectivity index (χ1v) is 11.1. The van der Waals surface area contributed by atoms with Gasteiger partial charge in [-0.05, 0) is 79.9 Å². The van der Waals surface area contributed by atoms with E-state index in [9.17, 15) is 4.39 Å². The van der Waals surface area contributed by atoms with Crippen molar-refractivity contribution < 1.29 is 4.39 Å². The summed E-state index contributed by atoms with van der Waals surface area (Å²) in [5.41, 5.74) is 7.40. The number of pyridine rings is 1. The lowest BCUT2D eigenvalue weighted by Crippen LogP contribution is -2.16. The molecule has 2 heterocycles. The van der Waals surface area contributed by atoms with Crippen molar-refractivity contribution in [1.29, 1.82) is 0 Å². The average Bonchev–Trinajstić information content (AvgIpc) is 3.64. The van der Waals surface area contributed by atoms with Crippen molar-refractivity contribution in [3.8, 4) is 17.1 Å². The fraction of sp³-hybridized carbons (Fsp3) is 0.148. The van der Waals surface area contributed by atoms with Gasteiger partial charge in [-0.25, -0.2) is 9.37 Å². The standard InChI is InChI=1S/C27H22FN5/c1-17-12-13-29-16-25(17)32-22-14-24-27(15-23(22)30-19-8-9-19)33(20-10-6-18(28)7-11-20)26-5-3-2-4-21(26)31-24/h2-7,10-16,19,32H,8-9H2,1H3. The molecular formula is C27H22FN5. The fourth-order valence-electron chi connectivity index (χ4n) is 4.06. The maximum absolute atomic E-state index is 13.7. The number of aromatic nitrogens is 3. The number of rotatable bonds is 4. The molecule has 0 saturated heterocycles. The second-order valence-corrected chi connectivity index (χ2v) is 8.45. The molecule has 0 amide bonds. The summed E-state index contributed by atoms with van der Waals surface area (Å²) >= 11 is 0. The topological polar surface area (TPSA) is 55.1 Å². The van der Waals surface area contributed by atoms with Crippen LogP contribution in [0.5, 0.6) is 0 Å². The summed E-state index contributed by atoms with van der Waals surface area (Å²) in [6, 6.07) is 21.0. The quantitative estimate of drug-likeness (QED) is 0.364. The van der Waals surface area contributed by atoms with Crippen LogP contribution in [0.2, 0.25) is 0 Å². The zero-order valence-corrected chi connectivity index (χ0v) is 18.2. The van der Waals surface area contributed by atoms with Gasteiger partial charge in [0.05, 0.1) is 51.4 Å². The molecule has 1 fully saturated rings. The van der Waals surface area contributed by atoms with E-state index < -0.39 is 0 Å². The number of benzene rings is 3. The van der Waals surface area contributed by atoms with E-state index in [1.807, 2.05) is 36.5 Å². The zero-order chi connectivity index (χ0) is 22.4. The predicted octanol–water partition coefficient (Wildman–Crippen LogP) is 5.78. The smallest absolute Gasteiger partial charge is 0.123 e. The van der Waals surface area contributed by atoms with E-state index in [-0.39, 0.29) is 5.82 Å². The molecule has 2 aliphatic carbocycles. The van der Waals surface area contributed by atoms with E-state index in [2.05, 4.69) is 33.9 Å². The molecule has 1 N–H and O–H groups in total. The number of fused-ring (bicyclic) bond motifs is 2. The zero-order valence-electron chi connectivity index (χ0n) is 18.2. The van der Waals surface area contributed by atoms with Crippen molar-refractivity contribution in [3.05, 3.63) is 95.9 Å². The summed E-state index contributed by atoms with van der Waals surface area (Å²) in [5.74, 6) is -0.259. The Bertz CT molecular complexity index is 1520. The van der Waals surface area contributed by atoms with Crippen LogP contribution in [0.25, 0.3) is 28.1 Å². The first kappa shape index (κ1) is 19.6. The van der Waals surface area contributed by atoms with Gasteiger partial charge in [-0.15, -0.1) is 0 Å². The maximum atomic E-state index is 13.7. The summed E-state index contributed by atoms with van der Waals surface area (Å²) in [6.07, 6.45) is 5.83. The van der Waals surface area contributed by atoms with E-state index >= 15 is 0 Å². The summed E-state index contributed by atoms with van der Waals surface area (Å²) in [7, 11) is 0. The van der Waals surface area contributed by atoms with Gasteiger partial charge in [-0.3, -0.25) is 9.98 Å². The number of hydrogen-bond donors (Lipinski definition) is 1. The highest BCUT2D eigenvalue weighted by Gasteiger charge is 2.22. The summed E-state index contributed by atoms with van der Waals surface area (Å²) in [4.78, 5) is 14.2. The minimum Gasteiger partial charge on any atom is -0.352 e. The Kier molecular flexibility index (Phi) is 4.64. The Labute approximate surface area is 190 Å². The van der Waals surface area contributed by atoms with Crippen molar-refractivity contribution in [3.63, 3.8) is 0 Å². The number of nitrogens with zero attached hydrogens (tertiary/aromatic N) is 4. The number of halogens is 1. The third kappa shape index (κ3) is 3.74. The predicted molar refractivity (Wildman–Crippen MR) is 128 cm³/mol. The van der Waals surface area contributed by atoms with Crippen LogP contribution in [-0.4, -0.2) is 20.6 Å². The van der Waals surface area contributed by atoms with E-state index in [0.717, 1.165) is 63.2 Å². The van der Waals surface area contributed by atoms with Gasteiger partial charge in [0.1, 0.15) is 5.82 Å². The number of hydrogen-bond acceptors (Lipinski definition) is 4. The van der Waals surface area contributed by atoms with Crippen molar-refractivity contribution in [2.75, 3.05) is 5.32 Å². The molecule has 3 aromatic rings. The van der Waals surface area contributed by atoms with Crippen molar-refractivity contribution in [1.82, 2.24) is 14.5 Å². The summed E-state index contributed by atoms with van der Waals surface area (Å²) in [5, 5.41) is 4.42. The minimum absolute atomic E-state index is 0.259. The van der Waals surface area contributed by atoms with Crippen LogP contribution in [0, 0.1) is 12.7 Å². The second kappa shape index (κ2) is 7.81. The Balaban J connectivity index is 1.64. The molecule has 0 unspecified atom stereocenters. The first-order chi connectivity index (χ1) is 16.2. The van der Waals surface area contributed by atoms with Gasteiger partial charge in [0.2, 0.25) is 0 Å². The Morgan fingerprint density at radius 2 is 1.82 bits per heavy atom. The van der Waals surface area contributed by atoms with Gasteiger partial charge >= 0.3 is 0 Å². The lowest BCUT2D eigenvalue weighted by Gasteiger charge is -2.20. The number of anilines is 2. The lowest BCUT2D eigenvalue weighted by molar-refractivity contribution is 0.627. The second-order valence-electron chi connectivity index (χ2n) is 8.45. The highest BCUT2D eigenvalue weighted by Crippen LogP contribution is 2.31. The van der Waals surface area contributed by atoms with Crippen LogP contribution in [-0.2, 0) is 0 Å². The largest absolute Gasteiger partial charge is 0.352 e. The molecule has 1 aliphatic heterocycles. The molecule has 33 heavy (non-hydrogen) atoms. The third-order valence-electron chi connectivity index (χ3n) is 5.96. The maximum Gasteiger partial charge on any atom is 0.123 e. The monoisotopic (exact) mass is 435 g/mol. The van der Waals surface area contributed by atoms with Gasteiger partial charge < -0.3 is 9.88 Å². The van der Waals surface area contributed by atoms with Crippen LogP contribution in [0.4, 0.5) is 15.8 Å². The molecule has 1 aromatic heterocycles. The average molecular weight is 436 g/mol. The van der Waals surface area contributed by atoms with Gasteiger partial charge in [-0.1, -0.05) is 12.1 Å². The number of aryl methyl sites for hydroxylation is 1. The van der Waals surface area contributed by atoms with Crippen molar-refractivity contribution in [2.45, 2.75) is 25.8 Å². The summed E-state index contributed by atoms with van der Waals surface area (Å²) in [6.45, 7) is 2.05. The highest BCUT2D eigenvalue weighted by atomic mass is 19.1. The molecule has 0 atom stereocenters. The van der Waals surface area contributed by atoms with E-state index in [1.54, 1.807) is 18.3 Å². The molecule has 0 bridgehead atoms. The first-order valence-electron chi connectivity index (χ1n) is 11.1. The normalized spacial score (nSPS) is 14.2. The van der Waals surface area contributed by atoms with Crippen LogP contribution in [0.15, 0.2) is 84.1 Å². The Hall–Kier alpha value is -4.06. The molecule has 0 radical (unpaired) electrons. The van der Waals surface area contributed by atoms with E-state index in [4.69, 9.17) is 9.98 Å². The van der Waals surface area contributed by atoms with Gasteiger partial charge in [0.25, 0.3) is 0 Å². The SMILES string of the molecule is Cc1ccncc1Nc1cc2nc3ccccc3n(-c3ccc(F)cc3)c-2cc1=NC1CC1. The van der Waals surface area contributed by atoms with Gasteiger partial charge in [0, 0.05) is 11.9 Å². The molecule has 6 heteroatoms. The molecule has 5 nitrogen and oxygen atoms in total. The van der Waals surface area contributed by atoms with Gasteiger partial charge in [-0.2, -0.15) is 0 Å².